The standard InChI is InChI=1S/C20H31N3S/c1-15(2)13-23-14-18(10-11-21-24-22(3)4)19-9-8-17(12-20(19)23)16-6-5-7-16/h8-9,12,14-16,21H,5-7,10-11,13H2,1-4H3. The number of nitrogens with one attached hydrogen (secondary N) is 1. The van der Waals surface area contributed by atoms with E-state index in [0.717, 1.165) is 25.4 Å². The second-order valence-electron chi connectivity index (χ2n) is 7.65. The monoisotopic (exact) mass is 345 g/mol. The lowest BCUT2D eigenvalue weighted by Gasteiger charge is -2.26. The lowest BCUT2D eigenvalue weighted by atomic mass is 9.80. The van der Waals surface area contributed by atoms with E-state index >= 15 is 0 Å². The maximum absolute atomic E-state index is 3.43. The van der Waals surface area contributed by atoms with Gasteiger partial charge in [-0.15, -0.1) is 0 Å². The summed E-state index contributed by atoms with van der Waals surface area (Å²) in [5.74, 6) is 1.47. The minimum atomic E-state index is 0.670. The van der Waals surface area contributed by atoms with Gasteiger partial charge in [-0.05, 0) is 62.4 Å². The summed E-state index contributed by atoms with van der Waals surface area (Å²) in [6, 6.07) is 7.21. The number of nitrogens with zero attached hydrogens (tertiary/aromatic N) is 2. The van der Waals surface area contributed by atoms with Gasteiger partial charge in [-0.2, -0.15) is 0 Å². The van der Waals surface area contributed by atoms with E-state index in [1.54, 1.807) is 17.7 Å². The van der Waals surface area contributed by atoms with Crippen LogP contribution in [0.25, 0.3) is 10.9 Å². The quantitative estimate of drug-likeness (QED) is 0.547. The fraction of sp³-hybridized carbons (Fsp3) is 0.600. The van der Waals surface area contributed by atoms with Gasteiger partial charge in [0.15, 0.2) is 0 Å². The van der Waals surface area contributed by atoms with Crippen molar-refractivity contribution in [1.29, 1.82) is 0 Å². The Hall–Kier alpha value is -0.970. The molecular weight excluding hydrogens is 314 g/mol. The van der Waals surface area contributed by atoms with Crippen molar-refractivity contribution >= 4 is 23.0 Å². The molecule has 0 bridgehead atoms. The van der Waals surface area contributed by atoms with Gasteiger partial charge >= 0.3 is 0 Å². The highest BCUT2D eigenvalue weighted by molar-refractivity contribution is 7.95. The molecule has 1 aliphatic rings. The Balaban J connectivity index is 1.82. The Morgan fingerprint density at radius 3 is 2.71 bits per heavy atom. The highest BCUT2D eigenvalue weighted by Crippen LogP contribution is 2.38. The van der Waals surface area contributed by atoms with Crippen LogP contribution in [-0.2, 0) is 13.0 Å². The van der Waals surface area contributed by atoms with Gasteiger partial charge in [0.05, 0.1) is 0 Å². The minimum absolute atomic E-state index is 0.670. The Kier molecular flexibility index (Phi) is 5.90. The van der Waals surface area contributed by atoms with Crippen molar-refractivity contribution in [1.82, 2.24) is 13.6 Å². The fourth-order valence-corrected chi connectivity index (χ4v) is 3.94. The van der Waals surface area contributed by atoms with Crippen LogP contribution in [0.2, 0.25) is 0 Å². The Labute approximate surface area is 151 Å². The molecule has 1 fully saturated rings. The van der Waals surface area contributed by atoms with E-state index in [0.29, 0.717) is 5.92 Å². The predicted molar refractivity (Wildman–Crippen MR) is 106 cm³/mol. The lowest BCUT2D eigenvalue weighted by Crippen LogP contribution is -2.15. The summed E-state index contributed by atoms with van der Waals surface area (Å²) in [5.41, 5.74) is 4.45. The summed E-state index contributed by atoms with van der Waals surface area (Å²) >= 11 is 1.67. The van der Waals surface area contributed by atoms with Crippen molar-refractivity contribution in [2.75, 3.05) is 20.6 Å². The first-order chi connectivity index (χ1) is 11.5. The summed E-state index contributed by atoms with van der Waals surface area (Å²) in [4.78, 5) is 0. The molecule has 132 valence electrons. The van der Waals surface area contributed by atoms with Crippen molar-refractivity contribution in [2.45, 2.75) is 52.0 Å². The highest BCUT2D eigenvalue weighted by Gasteiger charge is 2.20. The Morgan fingerprint density at radius 2 is 2.08 bits per heavy atom. The van der Waals surface area contributed by atoms with Crippen LogP contribution < -0.4 is 4.72 Å². The molecule has 0 radical (unpaired) electrons. The highest BCUT2D eigenvalue weighted by atomic mass is 32.2. The molecule has 1 N–H and O–H groups in total. The van der Waals surface area contributed by atoms with Crippen molar-refractivity contribution in [3.63, 3.8) is 0 Å². The van der Waals surface area contributed by atoms with Gasteiger partial charge in [0, 0.05) is 42.3 Å². The molecule has 0 spiro atoms. The second-order valence-corrected chi connectivity index (χ2v) is 8.85. The molecule has 0 aliphatic heterocycles. The van der Waals surface area contributed by atoms with Crippen molar-refractivity contribution in [3.05, 3.63) is 35.5 Å². The SMILES string of the molecule is CC(C)Cn1cc(CCNSN(C)C)c2ccc(C3CCC3)cc21. The zero-order valence-corrected chi connectivity index (χ0v) is 16.3. The Morgan fingerprint density at radius 1 is 1.29 bits per heavy atom. The fourth-order valence-electron chi connectivity index (χ4n) is 3.48. The predicted octanol–water partition coefficient (Wildman–Crippen LogP) is 4.82. The number of hydrogen-bond acceptors (Lipinski definition) is 3. The zero-order valence-electron chi connectivity index (χ0n) is 15.5. The molecule has 1 aromatic carbocycles. The Bertz CT molecular complexity index is 671. The number of hydrogen-bond donors (Lipinski definition) is 1. The molecule has 4 heteroatoms. The third-order valence-electron chi connectivity index (χ3n) is 4.87. The molecule has 0 saturated heterocycles. The van der Waals surface area contributed by atoms with Crippen LogP contribution in [0.3, 0.4) is 0 Å². The molecule has 2 aromatic rings. The van der Waals surface area contributed by atoms with Crippen LogP contribution in [0, 0.1) is 5.92 Å². The van der Waals surface area contributed by atoms with Crippen molar-refractivity contribution < 1.29 is 0 Å². The lowest BCUT2D eigenvalue weighted by molar-refractivity contribution is 0.420. The number of benzene rings is 1. The molecule has 3 rings (SSSR count). The maximum Gasteiger partial charge on any atom is 0.0486 e. The summed E-state index contributed by atoms with van der Waals surface area (Å²) in [6.07, 6.45) is 7.60. The zero-order chi connectivity index (χ0) is 17.1. The van der Waals surface area contributed by atoms with E-state index in [-0.39, 0.29) is 0 Å². The van der Waals surface area contributed by atoms with Gasteiger partial charge < -0.3 is 4.57 Å². The molecule has 1 aromatic heterocycles. The molecule has 1 aliphatic carbocycles. The van der Waals surface area contributed by atoms with Crippen LogP contribution in [0.5, 0.6) is 0 Å². The first-order valence-corrected chi connectivity index (χ1v) is 10.0. The van der Waals surface area contributed by atoms with Crippen LogP contribution in [0.1, 0.15) is 50.2 Å². The molecule has 24 heavy (non-hydrogen) atoms. The molecule has 1 heterocycles. The van der Waals surface area contributed by atoms with Crippen molar-refractivity contribution in [3.8, 4) is 0 Å². The van der Waals surface area contributed by atoms with Gasteiger partial charge in [0.25, 0.3) is 0 Å². The molecule has 0 amide bonds. The molecule has 3 nitrogen and oxygen atoms in total. The van der Waals surface area contributed by atoms with E-state index in [1.807, 2.05) is 0 Å². The van der Waals surface area contributed by atoms with Gasteiger partial charge in [0.1, 0.15) is 0 Å². The number of aromatic nitrogens is 1. The van der Waals surface area contributed by atoms with E-state index in [4.69, 9.17) is 0 Å². The van der Waals surface area contributed by atoms with Crippen molar-refractivity contribution in [2.24, 2.45) is 5.92 Å². The normalized spacial score (nSPS) is 15.6. The van der Waals surface area contributed by atoms with Crippen LogP contribution in [0.4, 0.5) is 0 Å². The van der Waals surface area contributed by atoms with Gasteiger partial charge in [-0.25, -0.2) is 4.31 Å². The third kappa shape index (κ3) is 4.16. The van der Waals surface area contributed by atoms with E-state index < -0.39 is 0 Å². The minimum Gasteiger partial charge on any atom is -0.347 e. The summed E-state index contributed by atoms with van der Waals surface area (Å²) in [6.45, 7) is 6.70. The largest absolute Gasteiger partial charge is 0.347 e. The second kappa shape index (κ2) is 7.94. The topological polar surface area (TPSA) is 20.2 Å². The summed E-state index contributed by atoms with van der Waals surface area (Å²) in [5, 5.41) is 1.44. The summed E-state index contributed by atoms with van der Waals surface area (Å²) in [7, 11) is 4.13. The number of rotatable bonds is 8. The van der Waals surface area contributed by atoms with Crippen LogP contribution in [-0.4, -0.2) is 29.5 Å². The first kappa shape index (κ1) is 17.8. The average Bonchev–Trinajstić information content (AvgIpc) is 2.79. The number of fused-ring (bicyclic) bond motifs is 1. The third-order valence-corrected chi connectivity index (χ3v) is 5.57. The van der Waals surface area contributed by atoms with Gasteiger partial charge in [0.2, 0.25) is 0 Å². The first-order valence-electron chi connectivity index (χ1n) is 9.23. The van der Waals surface area contributed by atoms with Gasteiger partial charge in [-0.3, -0.25) is 4.72 Å². The van der Waals surface area contributed by atoms with Gasteiger partial charge in [-0.1, -0.05) is 32.4 Å². The summed E-state index contributed by atoms with van der Waals surface area (Å²) < 4.78 is 8.00. The van der Waals surface area contributed by atoms with E-state index in [1.165, 1.54) is 35.7 Å². The molecular formula is C20H31N3S. The molecule has 1 saturated carbocycles. The van der Waals surface area contributed by atoms with Crippen LogP contribution in [0.15, 0.2) is 24.4 Å². The van der Waals surface area contributed by atoms with E-state index in [2.05, 4.69) is 65.9 Å². The van der Waals surface area contributed by atoms with Crippen LogP contribution >= 0.6 is 12.1 Å². The average molecular weight is 346 g/mol. The maximum atomic E-state index is 3.43. The molecule has 0 unspecified atom stereocenters. The molecule has 0 atom stereocenters. The van der Waals surface area contributed by atoms with E-state index in [9.17, 15) is 0 Å². The smallest absolute Gasteiger partial charge is 0.0486 e.